The molecule has 2 heterocycles. The molecule has 0 saturated carbocycles. The number of rotatable bonds is 1. The number of hydrogen-bond donors (Lipinski definition) is 0. The highest BCUT2D eigenvalue weighted by Crippen LogP contribution is 2.18. The number of halogens is 1. The van der Waals surface area contributed by atoms with Gasteiger partial charge in [0.2, 0.25) is 5.95 Å². The molecule has 0 spiro atoms. The maximum atomic E-state index is 4.33. The van der Waals surface area contributed by atoms with E-state index in [1.165, 1.54) is 5.39 Å². The smallest absolute Gasteiger partial charge is 0.235 e. The van der Waals surface area contributed by atoms with Gasteiger partial charge in [0.15, 0.2) is 0 Å². The Balaban J connectivity index is 2.26. The minimum atomic E-state index is 0.676. The van der Waals surface area contributed by atoms with Crippen LogP contribution in [0.5, 0.6) is 0 Å². The van der Waals surface area contributed by atoms with Gasteiger partial charge in [-0.2, -0.15) is 0 Å². The SMILES string of the molecule is Brc1ccnc(-n2ccc3ccccc32)n1. The van der Waals surface area contributed by atoms with E-state index in [0.29, 0.717) is 5.95 Å². The maximum Gasteiger partial charge on any atom is 0.235 e. The number of nitrogens with zero attached hydrogens (tertiary/aromatic N) is 3. The van der Waals surface area contributed by atoms with Crippen LogP contribution in [0.3, 0.4) is 0 Å². The lowest BCUT2D eigenvalue weighted by Gasteiger charge is -2.02. The van der Waals surface area contributed by atoms with E-state index in [2.05, 4.69) is 44.1 Å². The van der Waals surface area contributed by atoms with E-state index in [1.54, 1.807) is 6.20 Å². The Morgan fingerprint density at radius 2 is 1.94 bits per heavy atom. The van der Waals surface area contributed by atoms with Gasteiger partial charge in [0.05, 0.1) is 5.52 Å². The predicted octanol–water partition coefficient (Wildman–Crippen LogP) is 3.18. The highest BCUT2D eigenvalue weighted by atomic mass is 79.9. The molecule has 0 saturated heterocycles. The predicted molar refractivity (Wildman–Crippen MR) is 66.6 cm³/mol. The van der Waals surface area contributed by atoms with Crippen LogP contribution in [0.2, 0.25) is 0 Å². The third-order valence-electron chi connectivity index (χ3n) is 2.42. The first-order valence-corrected chi connectivity index (χ1v) is 5.69. The second-order valence-corrected chi connectivity index (χ2v) is 4.24. The van der Waals surface area contributed by atoms with Gasteiger partial charge in [-0.15, -0.1) is 0 Å². The number of aromatic nitrogens is 3. The fourth-order valence-electron chi connectivity index (χ4n) is 1.70. The summed E-state index contributed by atoms with van der Waals surface area (Å²) < 4.78 is 2.76. The van der Waals surface area contributed by atoms with Gasteiger partial charge in [-0.3, -0.25) is 4.57 Å². The molecule has 0 aliphatic carbocycles. The Morgan fingerprint density at radius 1 is 1.06 bits per heavy atom. The molecule has 0 N–H and O–H groups in total. The average molecular weight is 274 g/mol. The van der Waals surface area contributed by atoms with Crippen molar-refractivity contribution in [2.24, 2.45) is 0 Å². The molecule has 0 unspecified atom stereocenters. The molecule has 0 aliphatic heterocycles. The van der Waals surface area contributed by atoms with Gasteiger partial charge in [0.25, 0.3) is 0 Å². The maximum absolute atomic E-state index is 4.33. The minimum absolute atomic E-state index is 0.676. The Kier molecular flexibility index (Phi) is 2.22. The zero-order valence-corrected chi connectivity index (χ0v) is 9.92. The molecule has 0 bridgehead atoms. The van der Waals surface area contributed by atoms with Crippen molar-refractivity contribution in [3.8, 4) is 5.95 Å². The second kappa shape index (κ2) is 3.72. The van der Waals surface area contributed by atoms with Gasteiger partial charge >= 0.3 is 0 Å². The van der Waals surface area contributed by atoms with E-state index in [9.17, 15) is 0 Å². The molecule has 0 amide bonds. The summed E-state index contributed by atoms with van der Waals surface area (Å²) in [5.41, 5.74) is 1.11. The Hall–Kier alpha value is -1.68. The van der Waals surface area contributed by atoms with Crippen LogP contribution in [0.25, 0.3) is 16.9 Å². The summed E-state index contributed by atoms with van der Waals surface area (Å²) in [4.78, 5) is 8.59. The normalized spacial score (nSPS) is 10.8. The van der Waals surface area contributed by atoms with Crippen LogP contribution in [0.1, 0.15) is 0 Å². The summed E-state index contributed by atoms with van der Waals surface area (Å²) in [5.74, 6) is 0.676. The van der Waals surface area contributed by atoms with Crippen molar-refractivity contribution in [1.29, 1.82) is 0 Å². The summed E-state index contributed by atoms with van der Waals surface area (Å²) in [5, 5.41) is 1.19. The van der Waals surface area contributed by atoms with Gasteiger partial charge in [-0.25, -0.2) is 9.97 Å². The van der Waals surface area contributed by atoms with Crippen LogP contribution in [0.15, 0.2) is 53.4 Å². The van der Waals surface area contributed by atoms with Gasteiger partial charge in [-0.05, 0) is 34.1 Å². The molecule has 3 nitrogen and oxygen atoms in total. The molecule has 0 radical (unpaired) electrons. The van der Waals surface area contributed by atoms with Crippen molar-refractivity contribution >= 4 is 26.8 Å². The summed E-state index contributed by atoms with van der Waals surface area (Å²) in [6, 6.07) is 12.0. The van der Waals surface area contributed by atoms with E-state index < -0.39 is 0 Å². The van der Waals surface area contributed by atoms with E-state index >= 15 is 0 Å². The zero-order chi connectivity index (χ0) is 11.0. The quantitative estimate of drug-likeness (QED) is 0.638. The number of hydrogen-bond acceptors (Lipinski definition) is 2. The lowest BCUT2D eigenvalue weighted by Crippen LogP contribution is -1.98. The van der Waals surface area contributed by atoms with E-state index in [4.69, 9.17) is 0 Å². The Labute approximate surface area is 101 Å². The summed E-state index contributed by atoms with van der Waals surface area (Å²) >= 11 is 3.35. The third-order valence-corrected chi connectivity index (χ3v) is 2.87. The molecule has 0 atom stereocenters. The van der Waals surface area contributed by atoms with Crippen molar-refractivity contribution < 1.29 is 0 Å². The largest absolute Gasteiger partial charge is 0.285 e. The number of fused-ring (bicyclic) bond motifs is 1. The van der Waals surface area contributed by atoms with Gasteiger partial charge in [-0.1, -0.05) is 18.2 Å². The first-order valence-electron chi connectivity index (χ1n) is 4.89. The van der Waals surface area contributed by atoms with Crippen molar-refractivity contribution in [2.75, 3.05) is 0 Å². The summed E-state index contributed by atoms with van der Waals surface area (Å²) in [7, 11) is 0. The first kappa shape index (κ1) is 9.54. The van der Waals surface area contributed by atoms with Gasteiger partial charge in [0, 0.05) is 17.8 Å². The van der Waals surface area contributed by atoms with Crippen molar-refractivity contribution in [1.82, 2.24) is 14.5 Å². The summed E-state index contributed by atoms with van der Waals surface area (Å²) in [6.45, 7) is 0. The van der Waals surface area contributed by atoms with E-state index in [0.717, 1.165) is 10.1 Å². The molecular formula is C12H8BrN3. The molecule has 0 aliphatic rings. The second-order valence-electron chi connectivity index (χ2n) is 3.42. The highest BCUT2D eigenvalue weighted by Gasteiger charge is 2.04. The topological polar surface area (TPSA) is 30.7 Å². The monoisotopic (exact) mass is 273 g/mol. The van der Waals surface area contributed by atoms with Crippen LogP contribution in [0.4, 0.5) is 0 Å². The molecular weight excluding hydrogens is 266 g/mol. The molecule has 78 valence electrons. The third kappa shape index (κ3) is 1.51. The molecule has 3 rings (SSSR count). The fraction of sp³-hybridized carbons (Fsp3) is 0. The van der Waals surface area contributed by atoms with Crippen LogP contribution >= 0.6 is 15.9 Å². The molecule has 4 heteroatoms. The van der Waals surface area contributed by atoms with Crippen molar-refractivity contribution in [3.63, 3.8) is 0 Å². The zero-order valence-electron chi connectivity index (χ0n) is 8.34. The van der Waals surface area contributed by atoms with Crippen LogP contribution in [0, 0.1) is 0 Å². The average Bonchev–Trinajstić information content (AvgIpc) is 2.72. The lowest BCUT2D eigenvalue weighted by atomic mass is 10.2. The molecule has 2 aromatic heterocycles. The van der Waals surface area contributed by atoms with Gasteiger partial charge in [0.1, 0.15) is 4.60 Å². The number of para-hydroxylation sites is 1. The van der Waals surface area contributed by atoms with E-state index in [-0.39, 0.29) is 0 Å². The molecule has 1 aromatic carbocycles. The molecule has 16 heavy (non-hydrogen) atoms. The van der Waals surface area contributed by atoms with Crippen LogP contribution in [-0.4, -0.2) is 14.5 Å². The molecule has 3 aromatic rings. The molecule has 0 fully saturated rings. The van der Waals surface area contributed by atoms with E-state index in [1.807, 2.05) is 29.0 Å². The number of benzene rings is 1. The fourth-order valence-corrected chi connectivity index (χ4v) is 1.98. The first-order chi connectivity index (χ1) is 7.84. The standard InChI is InChI=1S/C12H8BrN3/c13-11-5-7-14-12(15-11)16-8-6-9-3-1-2-4-10(9)16/h1-8H. The minimum Gasteiger partial charge on any atom is -0.285 e. The lowest BCUT2D eigenvalue weighted by molar-refractivity contribution is 0.951. The van der Waals surface area contributed by atoms with Gasteiger partial charge < -0.3 is 0 Å². The van der Waals surface area contributed by atoms with Crippen LogP contribution in [-0.2, 0) is 0 Å². The highest BCUT2D eigenvalue weighted by molar-refractivity contribution is 9.10. The van der Waals surface area contributed by atoms with Crippen LogP contribution < -0.4 is 0 Å². The Bertz CT molecular complexity index is 645. The van der Waals surface area contributed by atoms with Crippen molar-refractivity contribution in [3.05, 3.63) is 53.4 Å². The Morgan fingerprint density at radius 3 is 2.81 bits per heavy atom. The van der Waals surface area contributed by atoms with Crippen molar-refractivity contribution in [2.45, 2.75) is 0 Å². The summed E-state index contributed by atoms with van der Waals surface area (Å²) in [6.07, 6.45) is 3.72.